The van der Waals surface area contributed by atoms with E-state index in [-0.39, 0.29) is 6.04 Å². The van der Waals surface area contributed by atoms with E-state index < -0.39 is 0 Å². The molecule has 2 heterocycles. The zero-order valence-electron chi connectivity index (χ0n) is 19.8. The van der Waals surface area contributed by atoms with Crippen LogP contribution in [0.15, 0.2) is 84.0 Å². The van der Waals surface area contributed by atoms with Gasteiger partial charge in [-0.05, 0) is 61.4 Å². The van der Waals surface area contributed by atoms with Crippen molar-refractivity contribution in [3.8, 4) is 0 Å². The molecular weight excluding hydrogens is 511 g/mol. The van der Waals surface area contributed by atoms with Crippen LogP contribution in [0.5, 0.6) is 0 Å². The third-order valence-electron chi connectivity index (χ3n) is 6.55. The van der Waals surface area contributed by atoms with Crippen molar-refractivity contribution in [1.29, 1.82) is 0 Å². The third kappa shape index (κ3) is 6.19. The molecule has 7 heteroatoms. The molecule has 5 rings (SSSR count). The van der Waals surface area contributed by atoms with Crippen molar-refractivity contribution in [3.63, 3.8) is 0 Å². The zero-order chi connectivity index (χ0) is 24.9. The number of nitrogens with one attached hydrogen (secondary N) is 1. The van der Waals surface area contributed by atoms with E-state index >= 15 is 0 Å². The van der Waals surface area contributed by atoms with Crippen LogP contribution in [0, 0.1) is 0 Å². The number of pyridine rings is 1. The van der Waals surface area contributed by atoms with E-state index in [1.54, 1.807) is 0 Å². The van der Waals surface area contributed by atoms with Gasteiger partial charge >= 0.3 is 0 Å². The summed E-state index contributed by atoms with van der Waals surface area (Å²) in [5.41, 5.74) is 5.13. The molecule has 36 heavy (non-hydrogen) atoms. The number of hydrogen-bond donors (Lipinski definition) is 1. The Balaban J connectivity index is 1.21. The molecule has 1 N–H and O–H groups in total. The Hall–Kier alpha value is -2.63. The van der Waals surface area contributed by atoms with Gasteiger partial charge in [-0.15, -0.1) is 0 Å². The molecule has 1 saturated heterocycles. The molecule has 3 aromatic carbocycles. The summed E-state index contributed by atoms with van der Waals surface area (Å²) in [6, 6.07) is 23.9. The lowest BCUT2D eigenvalue weighted by molar-refractivity contribution is 0.221. The summed E-state index contributed by atoms with van der Waals surface area (Å²) in [6.45, 7) is 3.90. The van der Waals surface area contributed by atoms with E-state index in [4.69, 9.17) is 39.8 Å². The molecule has 0 radical (unpaired) electrons. The van der Waals surface area contributed by atoms with E-state index in [0.717, 1.165) is 82.5 Å². The lowest BCUT2D eigenvalue weighted by Gasteiger charge is -2.30. The van der Waals surface area contributed by atoms with Gasteiger partial charge in [0.1, 0.15) is 0 Å². The first-order chi connectivity index (χ1) is 17.5. The number of aromatic nitrogens is 1. The maximum atomic E-state index is 6.13. The van der Waals surface area contributed by atoms with Crippen LogP contribution in [-0.2, 0) is 0 Å². The Bertz CT molecular complexity index is 1300. The first-order valence-corrected chi connectivity index (χ1v) is 13.3. The Kier molecular flexibility index (Phi) is 8.08. The van der Waals surface area contributed by atoms with Crippen LogP contribution in [-0.4, -0.2) is 47.8 Å². The number of rotatable bonds is 7. The number of aliphatic imine (C=N–C) groups is 1. The Labute approximate surface area is 226 Å². The molecule has 0 saturated carbocycles. The van der Waals surface area contributed by atoms with Crippen LogP contribution in [0.4, 0.5) is 5.69 Å². The highest BCUT2D eigenvalue weighted by Crippen LogP contribution is 2.25. The fraction of sp³-hybridized carbons (Fsp3) is 0.241. The maximum Gasteiger partial charge on any atom is 0.0737 e. The number of anilines is 1. The molecule has 0 unspecified atom stereocenters. The predicted molar refractivity (Wildman–Crippen MR) is 153 cm³/mol. The Morgan fingerprint density at radius 3 is 2.08 bits per heavy atom. The molecule has 4 aromatic rings. The van der Waals surface area contributed by atoms with Gasteiger partial charge in [-0.25, -0.2) is 0 Å². The highest BCUT2D eigenvalue weighted by Gasteiger charge is 2.20. The summed E-state index contributed by atoms with van der Waals surface area (Å²) in [5, 5.41) is 6.81. The Morgan fingerprint density at radius 1 is 0.833 bits per heavy atom. The number of likely N-dealkylation sites (tertiary alicyclic amines) is 1. The minimum atomic E-state index is 0.282. The van der Waals surface area contributed by atoms with Crippen LogP contribution in [0.3, 0.4) is 0 Å². The molecule has 0 aliphatic carbocycles. The highest BCUT2D eigenvalue weighted by atomic mass is 35.5. The van der Waals surface area contributed by atoms with Gasteiger partial charge in [0.15, 0.2) is 0 Å². The third-order valence-corrected chi connectivity index (χ3v) is 7.29. The number of nitrogens with zero attached hydrogens (tertiary/aromatic N) is 3. The van der Waals surface area contributed by atoms with Crippen molar-refractivity contribution in [3.05, 3.63) is 105 Å². The second kappa shape index (κ2) is 11.6. The van der Waals surface area contributed by atoms with Crippen molar-refractivity contribution >= 4 is 57.1 Å². The van der Waals surface area contributed by atoms with E-state index in [2.05, 4.69) is 15.2 Å². The van der Waals surface area contributed by atoms with Gasteiger partial charge in [0.25, 0.3) is 0 Å². The fourth-order valence-electron chi connectivity index (χ4n) is 4.61. The molecule has 0 amide bonds. The van der Waals surface area contributed by atoms with E-state index in [0.29, 0.717) is 5.02 Å². The number of hydrogen-bond acceptors (Lipinski definition) is 4. The molecule has 184 valence electrons. The SMILES string of the molecule is Clc1ccc(C(=NC2CCN(CCNc3ccnc4cc(Cl)ccc34)CC2)c2ccc(Cl)cc2)cc1. The van der Waals surface area contributed by atoms with Gasteiger partial charge in [-0.2, -0.15) is 0 Å². The van der Waals surface area contributed by atoms with Crippen molar-refractivity contribution in [2.45, 2.75) is 18.9 Å². The van der Waals surface area contributed by atoms with Crippen LogP contribution in [0.1, 0.15) is 24.0 Å². The van der Waals surface area contributed by atoms with Crippen LogP contribution < -0.4 is 5.32 Å². The average molecular weight is 538 g/mol. The molecule has 0 atom stereocenters. The first-order valence-electron chi connectivity index (χ1n) is 12.2. The van der Waals surface area contributed by atoms with Gasteiger partial charge in [-0.3, -0.25) is 9.98 Å². The fourth-order valence-corrected chi connectivity index (χ4v) is 5.03. The second-order valence-electron chi connectivity index (χ2n) is 9.01. The summed E-state index contributed by atoms with van der Waals surface area (Å²) in [7, 11) is 0. The van der Waals surface area contributed by atoms with E-state index in [1.807, 2.05) is 79.0 Å². The lowest BCUT2D eigenvalue weighted by Crippen LogP contribution is -2.38. The van der Waals surface area contributed by atoms with Crippen molar-refractivity contribution < 1.29 is 0 Å². The standard InChI is InChI=1S/C29H27Cl3N4/c30-22-5-1-20(2-6-22)29(21-3-7-23(31)8-4-21)35-25-12-16-36(17-13-25)18-15-34-27-11-14-33-28-19-24(32)9-10-26(27)28/h1-11,14,19,25H,12-13,15-18H2,(H,33,34). The monoisotopic (exact) mass is 536 g/mol. The number of piperidine rings is 1. The topological polar surface area (TPSA) is 40.5 Å². The summed E-state index contributed by atoms with van der Waals surface area (Å²) in [6.07, 6.45) is 3.88. The first kappa shape index (κ1) is 25.0. The molecular formula is C29H27Cl3N4. The summed E-state index contributed by atoms with van der Waals surface area (Å²) >= 11 is 18.4. The normalized spacial score (nSPS) is 14.6. The molecule has 0 bridgehead atoms. The number of halogens is 3. The predicted octanol–water partition coefficient (Wildman–Crippen LogP) is 7.61. The van der Waals surface area contributed by atoms with Crippen molar-refractivity contribution in [2.24, 2.45) is 4.99 Å². The maximum absolute atomic E-state index is 6.13. The molecule has 1 aromatic heterocycles. The minimum absolute atomic E-state index is 0.282. The van der Waals surface area contributed by atoms with Crippen molar-refractivity contribution in [2.75, 3.05) is 31.5 Å². The molecule has 1 aliphatic heterocycles. The molecule has 1 fully saturated rings. The van der Waals surface area contributed by atoms with E-state index in [9.17, 15) is 0 Å². The summed E-state index contributed by atoms with van der Waals surface area (Å²) in [5.74, 6) is 0. The number of fused-ring (bicyclic) bond motifs is 1. The zero-order valence-corrected chi connectivity index (χ0v) is 22.1. The number of benzene rings is 3. The summed E-state index contributed by atoms with van der Waals surface area (Å²) in [4.78, 5) is 12.1. The quantitative estimate of drug-likeness (QED) is 0.247. The van der Waals surface area contributed by atoms with Crippen LogP contribution in [0.25, 0.3) is 10.9 Å². The van der Waals surface area contributed by atoms with Crippen LogP contribution >= 0.6 is 34.8 Å². The van der Waals surface area contributed by atoms with E-state index in [1.165, 1.54) is 0 Å². The summed E-state index contributed by atoms with van der Waals surface area (Å²) < 4.78 is 0. The van der Waals surface area contributed by atoms with Gasteiger partial charge in [-0.1, -0.05) is 59.1 Å². The smallest absolute Gasteiger partial charge is 0.0737 e. The van der Waals surface area contributed by atoms with Gasteiger partial charge in [0, 0.05) is 69.6 Å². The molecule has 1 aliphatic rings. The highest BCUT2D eigenvalue weighted by molar-refractivity contribution is 6.31. The van der Waals surface area contributed by atoms with Crippen LogP contribution in [0.2, 0.25) is 15.1 Å². The minimum Gasteiger partial charge on any atom is -0.383 e. The lowest BCUT2D eigenvalue weighted by atomic mass is 10.00. The molecule has 0 spiro atoms. The second-order valence-corrected chi connectivity index (χ2v) is 10.3. The Morgan fingerprint density at radius 2 is 1.44 bits per heavy atom. The largest absolute Gasteiger partial charge is 0.383 e. The molecule has 4 nitrogen and oxygen atoms in total. The van der Waals surface area contributed by atoms with Gasteiger partial charge in [0.05, 0.1) is 17.3 Å². The van der Waals surface area contributed by atoms with Crippen molar-refractivity contribution in [1.82, 2.24) is 9.88 Å². The van der Waals surface area contributed by atoms with Gasteiger partial charge < -0.3 is 10.2 Å². The van der Waals surface area contributed by atoms with Gasteiger partial charge in [0.2, 0.25) is 0 Å². The average Bonchev–Trinajstić information content (AvgIpc) is 2.89.